The minimum atomic E-state index is -1.65. The lowest BCUT2D eigenvalue weighted by Gasteiger charge is -2.21. The summed E-state index contributed by atoms with van der Waals surface area (Å²) in [6.45, 7) is 3.95. The fraction of sp³-hybridized carbons (Fsp3) is 0.400. The van der Waals surface area contributed by atoms with Crippen molar-refractivity contribution >= 4 is 18.0 Å². The summed E-state index contributed by atoms with van der Waals surface area (Å²) in [5.74, 6) is -1.90. The fourth-order valence-corrected chi connectivity index (χ4v) is 4.02. The summed E-state index contributed by atoms with van der Waals surface area (Å²) in [6.07, 6.45) is -2.11. The summed E-state index contributed by atoms with van der Waals surface area (Å²) in [4.78, 5) is 35.1. The Labute approximate surface area is 193 Å². The molecule has 2 amide bonds. The van der Waals surface area contributed by atoms with Crippen LogP contribution >= 0.6 is 0 Å². The van der Waals surface area contributed by atoms with E-state index in [1.165, 1.54) is 0 Å². The van der Waals surface area contributed by atoms with Gasteiger partial charge in [-0.1, -0.05) is 62.4 Å². The molecule has 2 atom stereocenters. The third kappa shape index (κ3) is 6.10. The van der Waals surface area contributed by atoms with Crippen molar-refractivity contribution < 1.29 is 29.3 Å². The Morgan fingerprint density at radius 2 is 1.52 bits per heavy atom. The maximum Gasteiger partial charge on any atom is 0.407 e. The summed E-state index contributed by atoms with van der Waals surface area (Å²) in [5, 5.41) is 23.1. The van der Waals surface area contributed by atoms with Crippen molar-refractivity contribution in [3.63, 3.8) is 0 Å². The summed E-state index contributed by atoms with van der Waals surface area (Å²) in [7, 11) is 0. The van der Waals surface area contributed by atoms with Crippen LogP contribution in [0.3, 0.4) is 0 Å². The minimum absolute atomic E-state index is 0.0320. The number of aliphatic hydroxyl groups is 1. The first-order valence-corrected chi connectivity index (χ1v) is 11.0. The largest absolute Gasteiger partial charge is 0.479 e. The van der Waals surface area contributed by atoms with E-state index in [0.717, 1.165) is 22.3 Å². The fourth-order valence-electron chi connectivity index (χ4n) is 4.02. The van der Waals surface area contributed by atoms with E-state index < -0.39 is 18.2 Å². The molecular weight excluding hydrogens is 424 g/mol. The van der Waals surface area contributed by atoms with E-state index in [1.54, 1.807) is 0 Å². The van der Waals surface area contributed by atoms with Gasteiger partial charge in [0.25, 0.3) is 0 Å². The van der Waals surface area contributed by atoms with E-state index in [2.05, 4.69) is 34.9 Å². The molecule has 0 saturated carbocycles. The minimum Gasteiger partial charge on any atom is -0.479 e. The highest BCUT2D eigenvalue weighted by atomic mass is 16.5. The first-order chi connectivity index (χ1) is 15.8. The summed E-state index contributed by atoms with van der Waals surface area (Å²) in [6, 6.07) is 16.2. The summed E-state index contributed by atoms with van der Waals surface area (Å²) in [5.41, 5.74) is 4.57. The molecule has 2 aromatic carbocycles. The van der Waals surface area contributed by atoms with Gasteiger partial charge in [0.2, 0.25) is 5.91 Å². The number of nitrogens with one attached hydrogen (secondary N) is 2. The van der Waals surface area contributed by atoms with Crippen LogP contribution in [0, 0.1) is 11.8 Å². The Bertz CT molecular complexity index is 960. The van der Waals surface area contributed by atoms with Crippen LogP contribution < -0.4 is 10.6 Å². The van der Waals surface area contributed by atoms with Crippen LogP contribution in [0.15, 0.2) is 48.5 Å². The molecule has 0 heterocycles. The molecule has 176 valence electrons. The Hall–Kier alpha value is -3.39. The van der Waals surface area contributed by atoms with E-state index in [1.807, 2.05) is 38.1 Å². The number of benzene rings is 2. The quantitative estimate of drug-likeness (QED) is 0.438. The molecule has 1 aliphatic rings. The topological polar surface area (TPSA) is 125 Å². The number of hydrogen-bond acceptors (Lipinski definition) is 5. The lowest BCUT2D eigenvalue weighted by Crippen LogP contribution is -2.39. The van der Waals surface area contributed by atoms with E-state index in [0.29, 0.717) is 0 Å². The Balaban J connectivity index is 1.51. The lowest BCUT2D eigenvalue weighted by molar-refractivity contribution is -0.146. The van der Waals surface area contributed by atoms with Gasteiger partial charge in [0.15, 0.2) is 6.10 Å². The van der Waals surface area contributed by atoms with Gasteiger partial charge in [-0.05, 0) is 34.1 Å². The average Bonchev–Trinajstić information content (AvgIpc) is 3.12. The first kappa shape index (κ1) is 24.3. The zero-order chi connectivity index (χ0) is 24.0. The second-order valence-corrected chi connectivity index (χ2v) is 8.57. The van der Waals surface area contributed by atoms with Crippen LogP contribution in [0.5, 0.6) is 0 Å². The number of carboxylic acids is 1. The number of ether oxygens (including phenoxy) is 1. The van der Waals surface area contributed by atoms with Gasteiger partial charge in [-0.25, -0.2) is 9.59 Å². The highest BCUT2D eigenvalue weighted by Gasteiger charge is 2.29. The molecule has 0 spiro atoms. The standard InChI is InChI=1S/C25H30N2O6/c1-15(2)16(11-23(29)26-13-22(28)24(30)31)12-27-25(32)33-14-21-19-9-5-3-7-17(19)18-8-4-6-10-20(18)21/h3-10,15-16,21-22,28H,11-14H2,1-2H3,(H,26,29)(H,27,32)(H,30,31). The number of rotatable bonds is 10. The molecule has 0 aliphatic heterocycles. The van der Waals surface area contributed by atoms with E-state index in [-0.39, 0.29) is 49.8 Å². The van der Waals surface area contributed by atoms with Crippen LogP contribution in [0.25, 0.3) is 11.1 Å². The summed E-state index contributed by atoms with van der Waals surface area (Å²) >= 11 is 0. The third-order valence-electron chi connectivity index (χ3n) is 6.02. The molecule has 0 radical (unpaired) electrons. The van der Waals surface area contributed by atoms with Crippen LogP contribution in [-0.2, 0) is 14.3 Å². The third-order valence-corrected chi connectivity index (χ3v) is 6.02. The molecule has 0 aromatic heterocycles. The average molecular weight is 455 g/mol. The van der Waals surface area contributed by atoms with Gasteiger partial charge < -0.3 is 25.6 Å². The number of hydrogen-bond donors (Lipinski definition) is 4. The lowest BCUT2D eigenvalue weighted by atomic mass is 9.92. The maximum absolute atomic E-state index is 12.4. The SMILES string of the molecule is CC(C)C(CNC(=O)OCC1c2ccccc2-c2ccccc21)CC(=O)NCC(O)C(=O)O. The van der Waals surface area contributed by atoms with Crippen molar-refractivity contribution in [2.24, 2.45) is 11.8 Å². The van der Waals surface area contributed by atoms with Crippen LogP contribution in [0.4, 0.5) is 4.79 Å². The predicted octanol–water partition coefficient (Wildman–Crippen LogP) is 2.75. The molecule has 33 heavy (non-hydrogen) atoms. The highest BCUT2D eigenvalue weighted by molar-refractivity contribution is 5.79. The van der Waals surface area contributed by atoms with Gasteiger partial charge in [-0.3, -0.25) is 4.79 Å². The van der Waals surface area contributed by atoms with Gasteiger partial charge in [0.05, 0.1) is 6.54 Å². The number of carbonyl (C=O) groups excluding carboxylic acids is 2. The smallest absolute Gasteiger partial charge is 0.407 e. The monoisotopic (exact) mass is 454 g/mol. The van der Waals surface area contributed by atoms with Gasteiger partial charge in [0, 0.05) is 18.9 Å². The molecule has 0 fully saturated rings. The first-order valence-electron chi connectivity index (χ1n) is 11.0. The van der Waals surface area contributed by atoms with Crippen molar-refractivity contribution in [1.29, 1.82) is 0 Å². The molecule has 0 bridgehead atoms. The van der Waals surface area contributed by atoms with Gasteiger partial charge in [0.1, 0.15) is 6.61 Å². The molecule has 2 unspecified atom stereocenters. The van der Waals surface area contributed by atoms with Crippen molar-refractivity contribution in [1.82, 2.24) is 10.6 Å². The van der Waals surface area contributed by atoms with Crippen LogP contribution in [-0.4, -0.2) is 54.0 Å². The van der Waals surface area contributed by atoms with Crippen molar-refractivity contribution in [3.8, 4) is 11.1 Å². The highest BCUT2D eigenvalue weighted by Crippen LogP contribution is 2.44. The number of aliphatic hydroxyl groups excluding tert-OH is 1. The molecule has 3 rings (SSSR count). The Morgan fingerprint density at radius 3 is 2.06 bits per heavy atom. The summed E-state index contributed by atoms with van der Waals surface area (Å²) < 4.78 is 5.53. The maximum atomic E-state index is 12.4. The number of amides is 2. The predicted molar refractivity (Wildman–Crippen MR) is 123 cm³/mol. The van der Waals surface area contributed by atoms with Gasteiger partial charge >= 0.3 is 12.1 Å². The van der Waals surface area contributed by atoms with Crippen molar-refractivity contribution in [2.45, 2.75) is 32.3 Å². The van der Waals surface area contributed by atoms with Crippen molar-refractivity contribution in [2.75, 3.05) is 19.7 Å². The van der Waals surface area contributed by atoms with E-state index in [9.17, 15) is 19.5 Å². The molecule has 1 aliphatic carbocycles. The number of carbonyl (C=O) groups is 3. The second kappa shape index (κ2) is 11.0. The van der Waals surface area contributed by atoms with Gasteiger partial charge in [-0.15, -0.1) is 0 Å². The zero-order valence-corrected chi connectivity index (χ0v) is 18.8. The normalized spacial score (nSPS) is 14.2. The number of fused-ring (bicyclic) bond motifs is 3. The molecule has 4 N–H and O–H groups in total. The molecular formula is C25H30N2O6. The number of aliphatic carboxylic acids is 1. The Morgan fingerprint density at radius 1 is 0.939 bits per heavy atom. The van der Waals surface area contributed by atoms with E-state index in [4.69, 9.17) is 9.84 Å². The number of alkyl carbamates (subject to hydrolysis) is 1. The van der Waals surface area contributed by atoms with E-state index >= 15 is 0 Å². The molecule has 0 saturated heterocycles. The van der Waals surface area contributed by atoms with Gasteiger partial charge in [-0.2, -0.15) is 0 Å². The Kier molecular flexibility index (Phi) is 8.06. The molecule has 8 heteroatoms. The van der Waals surface area contributed by atoms with Crippen LogP contribution in [0.2, 0.25) is 0 Å². The van der Waals surface area contributed by atoms with Crippen molar-refractivity contribution in [3.05, 3.63) is 59.7 Å². The second-order valence-electron chi connectivity index (χ2n) is 8.57. The number of carboxylic acid groups (broad SMARTS) is 1. The molecule has 2 aromatic rings. The zero-order valence-electron chi connectivity index (χ0n) is 18.8. The van der Waals surface area contributed by atoms with Crippen LogP contribution in [0.1, 0.15) is 37.3 Å². The molecule has 8 nitrogen and oxygen atoms in total.